The predicted molar refractivity (Wildman–Crippen MR) is 85.9 cm³/mol. The van der Waals surface area contributed by atoms with E-state index in [4.69, 9.17) is 4.74 Å². The van der Waals surface area contributed by atoms with Gasteiger partial charge in [-0.05, 0) is 32.3 Å². The molecule has 3 heterocycles. The summed E-state index contributed by atoms with van der Waals surface area (Å²) in [6.07, 6.45) is -3.74. The number of alkyl halides is 3. The minimum atomic E-state index is -4.64. The van der Waals surface area contributed by atoms with Crippen LogP contribution in [0.5, 0.6) is 0 Å². The van der Waals surface area contributed by atoms with Gasteiger partial charge in [0.15, 0.2) is 11.5 Å². The standard InChI is InChI=1S/C15H19F3N6O2/c1-8-9(2)12-20-21-13(15(16,17)18)24(12)22-11(8)19-10-4-6-23(7-5-10)14(25)26-3/h10H,4-7H2,1-3H3,(H,19,22). The number of nitrogens with zero attached hydrogens (tertiary/aromatic N) is 5. The zero-order chi connectivity index (χ0) is 19.1. The number of rotatable bonds is 2. The van der Waals surface area contributed by atoms with Crippen LogP contribution in [0.3, 0.4) is 0 Å². The van der Waals surface area contributed by atoms with E-state index in [2.05, 4.69) is 20.6 Å². The second kappa shape index (κ2) is 6.61. The number of likely N-dealkylation sites (tertiary alicyclic amines) is 1. The van der Waals surface area contributed by atoms with Crippen molar-refractivity contribution in [3.63, 3.8) is 0 Å². The van der Waals surface area contributed by atoms with E-state index in [0.717, 1.165) is 4.52 Å². The van der Waals surface area contributed by atoms with E-state index in [1.165, 1.54) is 7.11 Å². The maximum atomic E-state index is 13.1. The average Bonchev–Trinajstić information content (AvgIpc) is 3.03. The van der Waals surface area contributed by atoms with Gasteiger partial charge in [-0.15, -0.1) is 15.3 Å². The molecule has 0 spiro atoms. The number of hydrogen-bond donors (Lipinski definition) is 1. The number of methoxy groups -OCH3 is 1. The lowest BCUT2D eigenvalue weighted by molar-refractivity contribution is -0.146. The molecule has 0 unspecified atom stereocenters. The molecule has 1 fully saturated rings. The van der Waals surface area contributed by atoms with Crippen molar-refractivity contribution in [2.75, 3.05) is 25.5 Å². The van der Waals surface area contributed by atoms with Gasteiger partial charge in [0, 0.05) is 24.7 Å². The third-order valence-corrected chi connectivity index (χ3v) is 4.62. The maximum absolute atomic E-state index is 13.1. The largest absolute Gasteiger partial charge is 0.453 e. The van der Waals surface area contributed by atoms with Gasteiger partial charge in [0.25, 0.3) is 5.82 Å². The lowest BCUT2D eigenvalue weighted by Gasteiger charge is -2.31. The highest BCUT2D eigenvalue weighted by molar-refractivity contribution is 5.67. The molecule has 0 radical (unpaired) electrons. The van der Waals surface area contributed by atoms with Crippen LogP contribution in [0.15, 0.2) is 0 Å². The van der Waals surface area contributed by atoms with Gasteiger partial charge in [-0.3, -0.25) is 0 Å². The highest BCUT2D eigenvalue weighted by Gasteiger charge is 2.38. The zero-order valence-electron chi connectivity index (χ0n) is 14.6. The van der Waals surface area contributed by atoms with E-state index in [9.17, 15) is 18.0 Å². The van der Waals surface area contributed by atoms with Crippen LogP contribution in [0.4, 0.5) is 23.8 Å². The third-order valence-electron chi connectivity index (χ3n) is 4.62. The number of anilines is 1. The summed E-state index contributed by atoms with van der Waals surface area (Å²) in [7, 11) is 1.33. The molecule has 1 N–H and O–H groups in total. The number of carbonyl (C=O) groups excluding carboxylic acids is 1. The van der Waals surface area contributed by atoms with Crippen LogP contribution in [-0.4, -0.2) is 57.0 Å². The average molecular weight is 372 g/mol. The molecule has 8 nitrogen and oxygen atoms in total. The van der Waals surface area contributed by atoms with Crippen LogP contribution in [0.1, 0.15) is 29.8 Å². The molecule has 3 rings (SSSR count). The van der Waals surface area contributed by atoms with Crippen LogP contribution >= 0.6 is 0 Å². The zero-order valence-corrected chi connectivity index (χ0v) is 14.6. The molecule has 26 heavy (non-hydrogen) atoms. The van der Waals surface area contributed by atoms with Gasteiger partial charge in [-0.2, -0.15) is 17.7 Å². The number of halogens is 3. The quantitative estimate of drug-likeness (QED) is 0.872. The van der Waals surface area contributed by atoms with E-state index in [0.29, 0.717) is 42.9 Å². The molecule has 1 aliphatic heterocycles. The Morgan fingerprint density at radius 3 is 2.42 bits per heavy atom. The van der Waals surface area contributed by atoms with Crippen molar-refractivity contribution in [2.45, 2.75) is 38.9 Å². The molecule has 0 aromatic carbocycles. The molecule has 142 valence electrons. The monoisotopic (exact) mass is 372 g/mol. The van der Waals surface area contributed by atoms with Gasteiger partial charge in [-0.1, -0.05) is 0 Å². The molecule has 1 aliphatic rings. The fourth-order valence-electron chi connectivity index (χ4n) is 2.97. The maximum Gasteiger partial charge on any atom is 0.453 e. The number of amides is 1. The van der Waals surface area contributed by atoms with E-state index < -0.39 is 12.0 Å². The number of hydrogen-bond acceptors (Lipinski definition) is 6. The van der Waals surface area contributed by atoms with E-state index in [-0.39, 0.29) is 17.8 Å². The Hall–Kier alpha value is -2.59. The van der Waals surface area contributed by atoms with Gasteiger partial charge in [0.2, 0.25) is 0 Å². The number of nitrogens with one attached hydrogen (secondary N) is 1. The van der Waals surface area contributed by atoms with Gasteiger partial charge in [-0.25, -0.2) is 4.79 Å². The number of aromatic nitrogens is 4. The van der Waals surface area contributed by atoms with E-state index >= 15 is 0 Å². The van der Waals surface area contributed by atoms with Crippen LogP contribution < -0.4 is 5.32 Å². The normalized spacial score (nSPS) is 16.2. The third kappa shape index (κ3) is 3.25. The first-order valence-electron chi connectivity index (χ1n) is 8.11. The summed E-state index contributed by atoms with van der Waals surface area (Å²) in [5.74, 6) is -0.795. The molecule has 0 bridgehead atoms. The summed E-state index contributed by atoms with van der Waals surface area (Å²) in [4.78, 5) is 13.1. The molecule has 2 aromatic heterocycles. The fraction of sp³-hybridized carbons (Fsp3) is 0.600. The smallest absolute Gasteiger partial charge is 0.453 e. The lowest BCUT2D eigenvalue weighted by atomic mass is 10.0. The van der Waals surface area contributed by atoms with Crippen molar-refractivity contribution in [2.24, 2.45) is 0 Å². The van der Waals surface area contributed by atoms with E-state index in [1.807, 2.05) is 0 Å². The Kier molecular flexibility index (Phi) is 4.63. The molecule has 2 aromatic rings. The minimum absolute atomic E-state index is 0.00947. The van der Waals surface area contributed by atoms with Crippen molar-refractivity contribution in [3.05, 3.63) is 17.0 Å². The number of fused-ring (bicyclic) bond motifs is 1. The highest BCUT2D eigenvalue weighted by Crippen LogP contribution is 2.30. The van der Waals surface area contributed by atoms with Gasteiger partial charge in [0.05, 0.1) is 7.11 Å². The number of ether oxygens (including phenoxy) is 1. The first-order valence-corrected chi connectivity index (χ1v) is 8.11. The van der Waals surface area contributed by atoms with Crippen LogP contribution in [0.2, 0.25) is 0 Å². The Balaban J connectivity index is 1.84. The SMILES string of the molecule is COC(=O)N1CCC(Nc2nn3c(C(F)(F)F)nnc3c(C)c2C)CC1. The molecule has 0 aliphatic carbocycles. The molecule has 0 atom stereocenters. The Morgan fingerprint density at radius 1 is 1.19 bits per heavy atom. The summed E-state index contributed by atoms with van der Waals surface area (Å²) >= 11 is 0. The summed E-state index contributed by atoms with van der Waals surface area (Å²) in [6, 6.07) is -0.00947. The van der Waals surface area contributed by atoms with Crippen molar-refractivity contribution in [1.82, 2.24) is 24.7 Å². The predicted octanol–water partition coefficient (Wildman–Crippen LogP) is 2.40. The topological polar surface area (TPSA) is 84.7 Å². The van der Waals surface area contributed by atoms with Gasteiger partial charge >= 0.3 is 12.3 Å². The van der Waals surface area contributed by atoms with Crippen LogP contribution in [0, 0.1) is 13.8 Å². The first kappa shape index (κ1) is 18.2. The Morgan fingerprint density at radius 2 is 1.85 bits per heavy atom. The fourth-order valence-corrected chi connectivity index (χ4v) is 2.97. The molecule has 1 saturated heterocycles. The van der Waals surface area contributed by atoms with E-state index in [1.54, 1.807) is 18.7 Å². The Bertz CT molecular complexity index is 827. The second-order valence-corrected chi connectivity index (χ2v) is 6.23. The minimum Gasteiger partial charge on any atom is -0.453 e. The molecule has 11 heteroatoms. The summed E-state index contributed by atoms with van der Waals surface area (Å²) in [6.45, 7) is 4.47. The number of piperidine rings is 1. The van der Waals surface area contributed by atoms with Crippen molar-refractivity contribution >= 4 is 17.6 Å². The second-order valence-electron chi connectivity index (χ2n) is 6.23. The number of aryl methyl sites for hydroxylation is 1. The van der Waals surface area contributed by atoms with Crippen molar-refractivity contribution in [3.8, 4) is 0 Å². The van der Waals surface area contributed by atoms with Crippen LogP contribution in [0.25, 0.3) is 5.65 Å². The van der Waals surface area contributed by atoms with Crippen molar-refractivity contribution < 1.29 is 22.7 Å². The van der Waals surface area contributed by atoms with Gasteiger partial charge in [0.1, 0.15) is 0 Å². The summed E-state index contributed by atoms with van der Waals surface area (Å²) in [5.41, 5.74) is 1.38. The molecule has 0 saturated carbocycles. The molecular formula is C15H19F3N6O2. The van der Waals surface area contributed by atoms with Crippen LogP contribution in [-0.2, 0) is 10.9 Å². The van der Waals surface area contributed by atoms with Gasteiger partial charge < -0.3 is 15.0 Å². The lowest BCUT2D eigenvalue weighted by Crippen LogP contribution is -2.42. The molecular weight excluding hydrogens is 353 g/mol. The van der Waals surface area contributed by atoms with Crippen molar-refractivity contribution in [1.29, 1.82) is 0 Å². The summed E-state index contributed by atoms with van der Waals surface area (Å²) in [5, 5.41) is 14.1. The summed E-state index contributed by atoms with van der Waals surface area (Å²) < 4.78 is 44.7. The number of carbonyl (C=O) groups is 1. The Labute approximate surface area is 147 Å². The highest BCUT2D eigenvalue weighted by atomic mass is 19.4. The molecule has 1 amide bonds. The first-order chi connectivity index (χ1) is 12.2.